The lowest BCUT2D eigenvalue weighted by Gasteiger charge is -2.49. The number of hydrogen-bond donors (Lipinski definition) is 3. The Kier molecular flexibility index (Phi) is 6.81. The van der Waals surface area contributed by atoms with Gasteiger partial charge in [-0.2, -0.15) is 9.36 Å². The van der Waals surface area contributed by atoms with Gasteiger partial charge in [-0.25, -0.2) is 9.36 Å². The van der Waals surface area contributed by atoms with Gasteiger partial charge >= 0.3 is 11.6 Å². The molecular weight excluding hydrogens is 534 g/mol. The fourth-order valence-electron chi connectivity index (χ4n) is 3.97. The van der Waals surface area contributed by atoms with Crippen molar-refractivity contribution in [2.45, 2.75) is 18.3 Å². The van der Waals surface area contributed by atoms with Crippen LogP contribution in [0, 0.1) is 0 Å². The van der Waals surface area contributed by atoms with Gasteiger partial charge in [0.15, 0.2) is 11.3 Å². The number of anilines is 1. The predicted octanol–water partition coefficient (Wildman–Crippen LogP) is -0.215. The average molecular weight is 557 g/mol. The van der Waals surface area contributed by atoms with E-state index in [1.807, 2.05) is 36.1 Å². The fraction of sp³-hybridized carbons (Fsp3) is 0.273. The van der Waals surface area contributed by atoms with Crippen LogP contribution in [-0.4, -0.2) is 76.2 Å². The number of aliphatic carboxylic acids is 1. The third kappa shape index (κ3) is 4.58. The summed E-state index contributed by atoms with van der Waals surface area (Å²) in [4.78, 5) is 48.3. The van der Waals surface area contributed by atoms with E-state index in [0.29, 0.717) is 17.0 Å². The molecule has 0 bridgehead atoms. The quantitative estimate of drug-likeness (QED) is 0.145. The minimum Gasteiger partial charge on any atom is -0.477 e. The Morgan fingerprint density at radius 1 is 1.39 bits per heavy atom. The van der Waals surface area contributed by atoms with Crippen molar-refractivity contribution in [1.82, 2.24) is 29.2 Å². The van der Waals surface area contributed by atoms with Crippen LogP contribution in [0.5, 0.6) is 0 Å². The van der Waals surface area contributed by atoms with E-state index in [-0.39, 0.29) is 29.0 Å². The highest BCUT2D eigenvalue weighted by molar-refractivity contribution is 8.00. The van der Waals surface area contributed by atoms with Gasteiger partial charge < -0.3 is 21.0 Å². The molecule has 4 N–H and O–H groups in total. The number of oxime groups is 1. The Bertz CT molecular complexity index is 1540. The van der Waals surface area contributed by atoms with Crippen molar-refractivity contribution in [3.05, 3.63) is 53.4 Å². The minimum atomic E-state index is -1.24. The molecule has 5 rings (SSSR count). The Labute approximate surface area is 223 Å². The van der Waals surface area contributed by atoms with Crippen LogP contribution >= 0.6 is 23.3 Å². The largest absolute Gasteiger partial charge is 0.477 e. The molecule has 2 amide bonds. The van der Waals surface area contributed by atoms with Gasteiger partial charge in [-0.3, -0.25) is 14.5 Å². The number of amides is 2. The van der Waals surface area contributed by atoms with E-state index in [9.17, 15) is 19.5 Å². The third-order valence-electron chi connectivity index (χ3n) is 5.75. The van der Waals surface area contributed by atoms with Crippen molar-refractivity contribution >= 4 is 63.6 Å². The Hall–Kier alpha value is -4.31. The molecule has 1 fully saturated rings. The van der Waals surface area contributed by atoms with Gasteiger partial charge in [0.25, 0.3) is 11.8 Å². The highest BCUT2D eigenvalue weighted by Gasteiger charge is 2.54. The molecular formula is C22H22N9O5S2+. The van der Waals surface area contributed by atoms with E-state index in [4.69, 9.17) is 10.6 Å². The zero-order valence-corrected chi connectivity index (χ0v) is 21.8. The first-order valence-electron chi connectivity index (χ1n) is 11.3. The van der Waals surface area contributed by atoms with Crippen LogP contribution in [0.4, 0.5) is 5.13 Å². The van der Waals surface area contributed by atoms with Gasteiger partial charge in [0.05, 0.1) is 7.05 Å². The van der Waals surface area contributed by atoms with Crippen molar-refractivity contribution in [1.29, 1.82) is 0 Å². The second-order valence-electron chi connectivity index (χ2n) is 8.16. The number of allylic oxidation sites excluding steroid dienone is 1. The number of hydrogen-bond acceptors (Lipinski definition) is 11. The second kappa shape index (κ2) is 10.2. The van der Waals surface area contributed by atoms with E-state index in [0.717, 1.165) is 17.2 Å². The lowest BCUT2D eigenvalue weighted by molar-refractivity contribution is -0.644. The van der Waals surface area contributed by atoms with E-state index < -0.39 is 29.2 Å². The highest BCUT2D eigenvalue weighted by Crippen LogP contribution is 2.40. The molecule has 0 aliphatic carbocycles. The number of carbonyl (C=O) groups excluding carboxylic acids is 2. The number of thioether (sulfide) groups is 1. The molecule has 16 heteroatoms. The summed E-state index contributed by atoms with van der Waals surface area (Å²) in [6, 6.07) is 2.75. The van der Waals surface area contributed by atoms with Gasteiger partial charge in [0.1, 0.15) is 35.6 Å². The van der Waals surface area contributed by atoms with Gasteiger partial charge in [-0.05, 0) is 24.6 Å². The number of carbonyl (C=O) groups is 3. The molecule has 0 spiro atoms. The van der Waals surface area contributed by atoms with Crippen molar-refractivity contribution < 1.29 is 28.9 Å². The van der Waals surface area contributed by atoms with Crippen LogP contribution in [0.2, 0.25) is 0 Å². The summed E-state index contributed by atoms with van der Waals surface area (Å²) in [5, 5.41) is 20.3. The zero-order chi connectivity index (χ0) is 27.0. The SMILES string of the molecule is CCO/N=C(\C(=O)N[C@@H]1C(=O)N2C(C(=O)O)=C(/C=C\c3ccc4n(cc[n+]4C)n3)CS[C@H]12)c1nsc(N)n1. The molecule has 2 atom stereocenters. The number of aryl methyl sites for hydroxylation is 1. The molecule has 14 nitrogen and oxygen atoms in total. The van der Waals surface area contributed by atoms with Crippen molar-refractivity contribution in [2.75, 3.05) is 18.1 Å². The number of nitrogens with two attached hydrogens (primary N) is 1. The summed E-state index contributed by atoms with van der Waals surface area (Å²) >= 11 is 2.22. The molecule has 0 aromatic carbocycles. The van der Waals surface area contributed by atoms with Gasteiger partial charge in [0.2, 0.25) is 11.5 Å². The molecule has 1 saturated heterocycles. The van der Waals surface area contributed by atoms with Gasteiger partial charge in [0, 0.05) is 23.4 Å². The normalized spacial score (nSPS) is 19.6. The molecule has 2 aliphatic heterocycles. The lowest BCUT2D eigenvalue weighted by Crippen LogP contribution is -2.71. The maximum absolute atomic E-state index is 13.0. The number of nitrogens with zero attached hydrogens (tertiary/aromatic N) is 7. The molecule has 3 aromatic rings. The number of fused-ring (bicyclic) bond motifs is 2. The first-order valence-corrected chi connectivity index (χ1v) is 13.1. The number of aromatic nitrogens is 5. The molecule has 0 unspecified atom stereocenters. The van der Waals surface area contributed by atoms with Crippen LogP contribution in [0.25, 0.3) is 11.7 Å². The molecule has 3 aromatic heterocycles. The Balaban J connectivity index is 1.35. The smallest absolute Gasteiger partial charge is 0.352 e. The van der Waals surface area contributed by atoms with Crippen molar-refractivity contribution in [2.24, 2.45) is 12.2 Å². The van der Waals surface area contributed by atoms with E-state index in [1.54, 1.807) is 23.6 Å². The summed E-state index contributed by atoms with van der Waals surface area (Å²) in [6.45, 7) is 1.88. The van der Waals surface area contributed by atoms with Crippen LogP contribution in [0.15, 0.2) is 47.0 Å². The first-order chi connectivity index (χ1) is 18.3. The molecule has 2 aliphatic rings. The maximum Gasteiger partial charge on any atom is 0.352 e. The lowest BCUT2D eigenvalue weighted by atomic mass is 10.0. The summed E-state index contributed by atoms with van der Waals surface area (Å²) in [5.41, 5.74) is 7.23. The number of β-lactam (4-membered cyclic amide) rings is 1. The molecule has 196 valence electrons. The van der Waals surface area contributed by atoms with Crippen molar-refractivity contribution in [3.8, 4) is 0 Å². The van der Waals surface area contributed by atoms with E-state index in [1.165, 1.54) is 16.7 Å². The number of nitrogens with one attached hydrogen (secondary N) is 1. The fourth-order valence-corrected chi connectivity index (χ4v) is 5.73. The summed E-state index contributed by atoms with van der Waals surface area (Å²) in [6.07, 6.45) is 7.03. The third-order valence-corrected chi connectivity index (χ3v) is 7.59. The number of rotatable bonds is 8. The number of carboxylic acids is 1. The number of nitrogen functional groups attached to an aromatic ring is 1. The Morgan fingerprint density at radius 2 is 2.21 bits per heavy atom. The van der Waals surface area contributed by atoms with Gasteiger partial charge in [-0.1, -0.05) is 16.3 Å². The van der Waals surface area contributed by atoms with Crippen LogP contribution < -0.4 is 15.6 Å². The standard InChI is InChI=1S/C22H21N9O5S2/c1-3-36-27-14(17-25-22(23)38-28-17)18(32)24-15-19(33)31-16(21(34)35)11(10-37-20(15)31)4-5-12-6-7-13-29(2)8-9-30(13)26-12/h4-9,15,20H,3,10H2,1-2H3,(H3-,23,24,25,28,32,34,35)/p+1/b5-4-,27-14-/t15-,20-/m1/s1. The maximum atomic E-state index is 13.0. The molecule has 0 radical (unpaired) electrons. The molecule has 0 saturated carbocycles. The Morgan fingerprint density at radius 3 is 2.92 bits per heavy atom. The number of carboxylic acid groups (broad SMARTS) is 1. The van der Waals surface area contributed by atoms with Crippen LogP contribution in [0.3, 0.4) is 0 Å². The average Bonchev–Trinajstić information content (AvgIpc) is 3.50. The summed E-state index contributed by atoms with van der Waals surface area (Å²) in [5.74, 6) is -2.25. The van der Waals surface area contributed by atoms with E-state index in [2.05, 4.69) is 24.9 Å². The summed E-state index contributed by atoms with van der Waals surface area (Å²) in [7, 11) is 1.91. The van der Waals surface area contributed by atoms with Crippen LogP contribution in [0.1, 0.15) is 18.4 Å². The molecule has 38 heavy (non-hydrogen) atoms. The zero-order valence-electron chi connectivity index (χ0n) is 20.1. The highest BCUT2D eigenvalue weighted by atomic mass is 32.2. The van der Waals surface area contributed by atoms with Gasteiger partial charge in [-0.15, -0.1) is 16.3 Å². The topological polar surface area (TPSA) is 181 Å². The monoisotopic (exact) mass is 556 g/mol. The summed E-state index contributed by atoms with van der Waals surface area (Å²) < 4.78 is 7.61. The predicted molar refractivity (Wildman–Crippen MR) is 138 cm³/mol. The molecule has 5 heterocycles. The minimum absolute atomic E-state index is 0.0302. The van der Waals surface area contributed by atoms with Crippen molar-refractivity contribution in [3.63, 3.8) is 0 Å². The van der Waals surface area contributed by atoms with E-state index >= 15 is 0 Å². The first kappa shape index (κ1) is 25.3. The number of imidazole rings is 1. The second-order valence-corrected chi connectivity index (χ2v) is 10.0. The van der Waals surface area contributed by atoms with Crippen LogP contribution in [-0.2, 0) is 26.3 Å².